The first-order valence-corrected chi connectivity index (χ1v) is 6.34. The van der Waals surface area contributed by atoms with Gasteiger partial charge in [0.2, 0.25) is 0 Å². The van der Waals surface area contributed by atoms with E-state index in [1.807, 2.05) is 6.92 Å². The van der Waals surface area contributed by atoms with E-state index in [4.69, 9.17) is 10.5 Å². The summed E-state index contributed by atoms with van der Waals surface area (Å²) in [5.41, 5.74) is 7.42. The molecule has 0 aromatic heterocycles. The van der Waals surface area contributed by atoms with E-state index in [0.29, 0.717) is 11.3 Å². The van der Waals surface area contributed by atoms with Gasteiger partial charge in [-0.05, 0) is 50.5 Å². The topological polar surface area (TPSA) is 81.4 Å². The van der Waals surface area contributed by atoms with Crippen molar-refractivity contribution in [3.8, 4) is 0 Å². The molecule has 1 unspecified atom stereocenters. The van der Waals surface area contributed by atoms with E-state index < -0.39 is 12.1 Å². The van der Waals surface area contributed by atoms with E-state index in [9.17, 15) is 9.59 Å². The van der Waals surface area contributed by atoms with Crippen molar-refractivity contribution in [1.82, 2.24) is 5.32 Å². The number of esters is 1. The zero-order valence-electron chi connectivity index (χ0n) is 11.1. The van der Waals surface area contributed by atoms with Gasteiger partial charge in [0, 0.05) is 11.7 Å². The molecule has 102 valence electrons. The fourth-order valence-electron chi connectivity index (χ4n) is 1.76. The highest BCUT2D eigenvalue weighted by atomic mass is 16.5. The zero-order chi connectivity index (χ0) is 14.0. The van der Waals surface area contributed by atoms with Gasteiger partial charge < -0.3 is 15.8 Å². The molecule has 0 heterocycles. The van der Waals surface area contributed by atoms with Crippen LogP contribution < -0.4 is 11.1 Å². The molecule has 0 bridgehead atoms. The van der Waals surface area contributed by atoms with Gasteiger partial charge in [-0.25, -0.2) is 4.79 Å². The van der Waals surface area contributed by atoms with Gasteiger partial charge in [0.15, 0.2) is 6.10 Å². The second-order valence-electron chi connectivity index (χ2n) is 4.96. The fourth-order valence-corrected chi connectivity index (χ4v) is 1.76. The Balaban J connectivity index is 1.97. The molecule has 1 fully saturated rings. The van der Waals surface area contributed by atoms with Crippen LogP contribution in [-0.2, 0) is 9.53 Å². The van der Waals surface area contributed by atoms with Crippen molar-refractivity contribution in [2.24, 2.45) is 0 Å². The summed E-state index contributed by atoms with van der Waals surface area (Å²) >= 11 is 0. The quantitative estimate of drug-likeness (QED) is 0.635. The van der Waals surface area contributed by atoms with Crippen LogP contribution in [-0.4, -0.2) is 24.0 Å². The van der Waals surface area contributed by atoms with E-state index in [1.54, 1.807) is 25.1 Å². The summed E-state index contributed by atoms with van der Waals surface area (Å²) in [6.45, 7) is 3.41. The molecule has 1 aromatic carbocycles. The standard InChI is InChI=1S/C14H18N2O3/c1-8-5-10(7-11(15)6-8)14(18)19-9(2)13(17)16-12-3-4-12/h5-7,9,12H,3-4,15H2,1-2H3,(H,16,17). The average molecular weight is 262 g/mol. The second-order valence-corrected chi connectivity index (χ2v) is 4.96. The lowest BCUT2D eigenvalue weighted by Crippen LogP contribution is -2.37. The summed E-state index contributed by atoms with van der Waals surface area (Å²) in [7, 11) is 0. The van der Waals surface area contributed by atoms with Gasteiger partial charge in [-0.2, -0.15) is 0 Å². The maximum atomic E-state index is 11.9. The van der Waals surface area contributed by atoms with Gasteiger partial charge in [0.25, 0.3) is 5.91 Å². The number of ether oxygens (including phenoxy) is 1. The molecular formula is C14H18N2O3. The van der Waals surface area contributed by atoms with Gasteiger partial charge in [0.1, 0.15) is 0 Å². The summed E-state index contributed by atoms with van der Waals surface area (Å²) in [5, 5.41) is 2.79. The average Bonchev–Trinajstić information content (AvgIpc) is 3.11. The first-order valence-electron chi connectivity index (χ1n) is 6.34. The number of nitrogens with one attached hydrogen (secondary N) is 1. The van der Waals surface area contributed by atoms with Gasteiger partial charge in [0.05, 0.1) is 5.56 Å². The predicted molar refractivity (Wildman–Crippen MR) is 71.6 cm³/mol. The van der Waals surface area contributed by atoms with Gasteiger partial charge >= 0.3 is 5.97 Å². The van der Waals surface area contributed by atoms with Crippen molar-refractivity contribution in [2.45, 2.75) is 38.8 Å². The van der Waals surface area contributed by atoms with Crippen LogP contribution in [0.1, 0.15) is 35.7 Å². The Morgan fingerprint density at radius 3 is 2.63 bits per heavy atom. The first kappa shape index (κ1) is 13.4. The van der Waals surface area contributed by atoms with Crippen LogP contribution in [0.3, 0.4) is 0 Å². The number of carbonyl (C=O) groups is 2. The normalized spacial score (nSPS) is 15.7. The maximum absolute atomic E-state index is 11.9. The maximum Gasteiger partial charge on any atom is 0.338 e. The summed E-state index contributed by atoms with van der Waals surface area (Å²) < 4.78 is 5.13. The van der Waals surface area contributed by atoms with Crippen LogP contribution in [0.5, 0.6) is 0 Å². The Bertz CT molecular complexity index is 489. The molecule has 5 heteroatoms. The number of hydrogen-bond acceptors (Lipinski definition) is 4. The monoisotopic (exact) mass is 262 g/mol. The number of anilines is 1. The Hall–Kier alpha value is -2.04. The minimum Gasteiger partial charge on any atom is -0.449 e. The Kier molecular flexibility index (Phi) is 3.74. The third-order valence-electron chi connectivity index (χ3n) is 2.91. The molecule has 3 N–H and O–H groups in total. The second kappa shape index (κ2) is 5.30. The predicted octanol–water partition coefficient (Wildman–Crippen LogP) is 1.40. The van der Waals surface area contributed by atoms with E-state index in [1.165, 1.54) is 0 Å². The number of nitrogen functional groups attached to an aromatic ring is 1. The molecule has 0 spiro atoms. The van der Waals surface area contributed by atoms with Crippen LogP contribution in [0.2, 0.25) is 0 Å². The number of nitrogens with two attached hydrogens (primary N) is 1. The first-order chi connectivity index (χ1) is 8.95. The van der Waals surface area contributed by atoms with Crippen molar-refractivity contribution in [3.05, 3.63) is 29.3 Å². The molecule has 1 aliphatic rings. The molecule has 2 rings (SSSR count). The lowest BCUT2D eigenvalue weighted by Gasteiger charge is -2.13. The summed E-state index contributed by atoms with van der Waals surface area (Å²) in [5.74, 6) is -0.787. The van der Waals surface area contributed by atoms with Crippen molar-refractivity contribution in [2.75, 3.05) is 5.73 Å². The molecular weight excluding hydrogens is 244 g/mol. The zero-order valence-corrected chi connectivity index (χ0v) is 11.1. The molecule has 0 aliphatic heterocycles. The number of amides is 1. The minimum atomic E-state index is -0.796. The minimum absolute atomic E-state index is 0.253. The molecule has 1 aromatic rings. The SMILES string of the molecule is Cc1cc(N)cc(C(=O)OC(C)C(=O)NC2CC2)c1. The summed E-state index contributed by atoms with van der Waals surface area (Å²) in [6, 6.07) is 5.24. The van der Waals surface area contributed by atoms with E-state index in [-0.39, 0.29) is 11.9 Å². The van der Waals surface area contributed by atoms with E-state index in [2.05, 4.69) is 5.32 Å². The molecule has 0 saturated heterocycles. The number of hydrogen-bond donors (Lipinski definition) is 2. The molecule has 0 radical (unpaired) electrons. The van der Waals surface area contributed by atoms with E-state index >= 15 is 0 Å². The lowest BCUT2D eigenvalue weighted by molar-refractivity contribution is -0.129. The summed E-state index contributed by atoms with van der Waals surface area (Å²) in [4.78, 5) is 23.6. The third-order valence-corrected chi connectivity index (χ3v) is 2.91. The Morgan fingerprint density at radius 1 is 1.37 bits per heavy atom. The highest BCUT2D eigenvalue weighted by Gasteiger charge is 2.27. The number of carbonyl (C=O) groups excluding carboxylic acids is 2. The van der Waals surface area contributed by atoms with Crippen LogP contribution in [0, 0.1) is 6.92 Å². The molecule has 1 aliphatic carbocycles. The largest absolute Gasteiger partial charge is 0.449 e. The van der Waals surface area contributed by atoms with Crippen LogP contribution >= 0.6 is 0 Å². The van der Waals surface area contributed by atoms with Crippen molar-refractivity contribution in [3.63, 3.8) is 0 Å². The highest BCUT2D eigenvalue weighted by Crippen LogP contribution is 2.19. The Labute approximate surface area is 112 Å². The van der Waals surface area contributed by atoms with Gasteiger partial charge in [-0.1, -0.05) is 0 Å². The Morgan fingerprint density at radius 2 is 2.05 bits per heavy atom. The smallest absolute Gasteiger partial charge is 0.338 e. The lowest BCUT2D eigenvalue weighted by atomic mass is 10.1. The van der Waals surface area contributed by atoms with Crippen LogP contribution in [0.4, 0.5) is 5.69 Å². The van der Waals surface area contributed by atoms with Gasteiger partial charge in [-0.15, -0.1) is 0 Å². The molecule has 5 nitrogen and oxygen atoms in total. The molecule has 1 atom stereocenters. The summed E-state index contributed by atoms with van der Waals surface area (Å²) in [6.07, 6.45) is 1.21. The van der Waals surface area contributed by atoms with Crippen molar-refractivity contribution in [1.29, 1.82) is 0 Å². The molecule has 1 saturated carbocycles. The number of benzene rings is 1. The van der Waals surface area contributed by atoms with Crippen LogP contribution in [0.15, 0.2) is 18.2 Å². The molecule has 1 amide bonds. The van der Waals surface area contributed by atoms with E-state index in [0.717, 1.165) is 18.4 Å². The van der Waals surface area contributed by atoms with Crippen molar-refractivity contribution < 1.29 is 14.3 Å². The third kappa shape index (κ3) is 3.71. The van der Waals surface area contributed by atoms with Gasteiger partial charge in [-0.3, -0.25) is 4.79 Å². The highest BCUT2D eigenvalue weighted by molar-refractivity contribution is 5.93. The fraction of sp³-hybridized carbons (Fsp3) is 0.429. The number of aryl methyl sites for hydroxylation is 1. The van der Waals surface area contributed by atoms with Crippen LogP contribution in [0.25, 0.3) is 0 Å². The molecule has 19 heavy (non-hydrogen) atoms. The number of rotatable bonds is 4. The van der Waals surface area contributed by atoms with Crippen molar-refractivity contribution >= 4 is 17.6 Å².